The summed E-state index contributed by atoms with van der Waals surface area (Å²) in [5.74, 6) is -5.04. The van der Waals surface area contributed by atoms with Gasteiger partial charge in [0.05, 0.1) is 18.6 Å². The van der Waals surface area contributed by atoms with Gasteiger partial charge in [-0.25, -0.2) is 9.59 Å². The van der Waals surface area contributed by atoms with Gasteiger partial charge >= 0.3 is 35.8 Å². The number of carbonyl (C=O) groups is 7. The maximum Gasteiger partial charge on any atom is 0.333 e. The number of allylic oxidation sites excluding steroid dienone is 1. The van der Waals surface area contributed by atoms with Gasteiger partial charge in [0, 0.05) is 45.3 Å². The second-order valence-electron chi connectivity index (χ2n) is 15.8. The molecule has 1 unspecified atom stereocenters. The van der Waals surface area contributed by atoms with Gasteiger partial charge in [-0.05, 0) is 51.7 Å². The molecule has 2 bridgehead atoms. The molecule has 3 heterocycles. The zero-order valence-electron chi connectivity index (χ0n) is 37.2. The van der Waals surface area contributed by atoms with Crippen LogP contribution in [-0.2, 0) is 80.9 Å². The Labute approximate surface area is 368 Å². The van der Waals surface area contributed by atoms with Crippen molar-refractivity contribution in [2.45, 2.75) is 180 Å². The van der Waals surface area contributed by atoms with Gasteiger partial charge in [0.15, 0.2) is 49.2 Å². The van der Waals surface area contributed by atoms with Crippen molar-refractivity contribution < 1.29 is 80.9 Å². The van der Waals surface area contributed by atoms with Gasteiger partial charge in [-0.3, -0.25) is 24.0 Å². The number of cyclic esters (lactones) is 1. The summed E-state index contributed by atoms with van der Waals surface area (Å²) in [6, 6.07) is 8.85. The second kappa shape index (κ2) is 25.4. The van der Waals surface area contributed by atoms with E-state index in [0.29, 0.717) is 24.8 Å². The lowest BCUT2D eigenvalue weighted by molar-refractivity contribution is -0.370. The third kappa shape index (κ3) is 16.0. The quantitative estimate of drug-likeness (QED) is 0.160. The van der Waals surface area contributed by atoms with Crippen molar-refractivity contribution in [3.05, 3.63) is 53.6 Å². The Hall–Kier alpha value is -4.97. The fraction of sp³-hybridized carbons (Fsp3) is 0.630. The average Bonchev–Trinajstić information content (AvgIpc) is 3.23. The molecule has 3 saturated heterocycles. The maximum absolute atomic E-state index is 13.6. The number of ketones is 1. The van der Waals surface area contributed by atoms with E-state index < -0.39 is 110 Å². The van der Waals surface area contributed by atoms with Crippen molar-refractivity contribution in [1.82, 2.24) is 0 Å². The first-order valence-electron chi connectivity index (χ1n) is 21.7. The topological polar surface area (TPSA) is 212 Å². The summed E-state index contributed by atoms with van der Waals surface area (Å²) in [5, 5.41) is 0. The number of hydrogen-bond donors (Lipinski definition) is 0. The Morgan fingerprint density at radius 3 is 2.03 bits per heavy atom. The summed E-state index contributed by atoms with van der Waals surface area (Å²) in [6.45, 7) is 9.49. The van der Waals surface area contributed by atoms with Crippen LogP contribution in [0, 0.1) is 0 Å². The lowest BCUT2D eigenvalue weighted by Gasteiger charge is -2.48. The molecule has 0 spiro atoms. The Morgan fingerprint density at radius 1 is 0.698 bits per heavy atom. The largest absolute Gasteiger partial charge is 0.463 e. The molecular formula is C46H62O17. The number of fused-ring (bicyclic) bond motifs is 3. The van der Waals surface area contributed by atoms with E-state index in [0.717, 1.165) is 45.6 Å². The van der Waals surface area contributed by atoms with Crippen molar-refractivity contribution in [2.75, 3.05) is 6.61 Å². The van der Waals surface area contributed by atoms with Gasteiger partial charge in [0.25, 0.3) is 0 Å². The number of Topliss-reactive ketones (excluding diaryl/α,β-unsaturated/α-hetero) is 1. The van der Waals surface area contributed by atoms with Crippen LogP contribution in [0.5, 0.6) is 0 Å². The third-order valence-electron chi connectivity index (χ3n) is 10.7. The molecule has 1 aromatic carbocycles. The predicted molar refractivity (Wildman–Crippen MR) is 222 cm³/mol. The normalized spacial score (nSPS) is 30.5. The molecule has 63 heavy (non-hydrogen) atoms. The first kappa shape index (κ1) is 50.7. The zero-order valence-corrected chi connectivity index (χ0v) is 37.2. The summed E-state index contributed by atoms with van der Waals surface area (Å²) >= 11 is 0. The number of carbonyl (C=O) groups excluding carboxylic acids is 7. The molecule has 0 radical (unpaired) electrons. The van der Waals surface area contributed by atoms with Crippen LogP contribution in [0.2, 0.25) is 0 Å². The first-order chi connectivity index (χ1) is 30.1. The highest BCUT2D eigenvalue weighted by atomic mass is 16.8. The molecule has 3 fully saturated rings. The molecule has 17 nitrogen and oxygen atoms in total. The lowest BCUT2D eigenvalue weighted by atomic mass is 9.96. The van der Waals surface area contributed by atoms with Crippen molar-refractivity contribution in [2.24, 2.45) is 0 Å². The van der Waals surface area contributed by atoms with E-state index >= 15 is 0 Å². The zero-order chi connectivity index (χ0) is 46.1. The standard InChI is InChI=1S/C46H62O17/c1-8-17-34-21-16-11-10-15-20-33(50)23-25-36(51)54-26-35-39(61-37(52)24-22-32-18-13-12-14-19-32)41(62-44(53)27(3)9-2)42(58-31(7)49)46(60-35)63-43-40(57-30(6)48)38(56-29(5)47)28(4)55-45(43)59-34/h9,12-14,18-19,22,24,28,34-35,38-43,45-46H,8,10-11,15-17,20-21,23,25-26H2,1-7H3/b24-22+,27-9+/t28-,34+,35-,38+,39-,40+,41+,42?,43+,45+,46+/m1/s1. The number of esters is 6. The van der Waals surface area contributed by atoms with Gasteiger partial charge in [-0.2, -0.15) is 0 Å². The highest BCUT2D eigenvalue weighted by Crippen LogP contribution is 2.36. The number of ether oxygens (including phenoxy) is 10. The van der Waals surface area contributed by atoms with Crippen molar-refractivity contribution in [3.63, 3.8) is 0 Å². The van der Waals surface area contributed by atoms with Gasteiger partial charge in [-0.1, -0.05) is 69.0 Å². The number of benzene rings is 1. The maximum atomic E-state index is 13.6. The Bertz CT molecular complexity index is 1770. The van der Waals surface area contributed by atoms with Crippen LogP contribution >= 0.6 is 0 Å². The van der Waals surface area contributed by atoms with E-state index in [2.05, 4.69) is 0 Å². The minimum atomic E-state index is -1.78. The Morgan fingerprint density at radius 2 is 1.37 bits per heavy atom. The van der Waals surface area contributed by atoms with E-state index in [4.69, 9.17) is 47.4 Å². The molecule has 0 amide bonds. The molecule has 4 rings (SSSR count). The van der Waals surface area contributed by atoms with Crippen molar-refractivity contribution in [1.29, 1.82) is 0 Å². The average molecular weight is 887 g/mol. The number of hydrogen-bond acceptors (Lipinski definition) is 17. The molecule has 0 saturated carbocycles. The summed E-state index contributed by atoms with van der Waals surface area (Å²) in [7, 11) is 0. The summed E-state index contributed by atoms with van der Waals surface area (Å²) in [4.78, 5) is 91.3. The van der Waals surface area contributed by atoms with Crippen LogP contribution in [-0.4, -0.2) is 116 Å². The molecular weight excluding hydrogens is 824 g/mol. The van der Waals surface area contributed by atoms with E-state index in [1.807, 2.05) is 6.92 Å². The molecule has 17 heteroatoms. The van der Waals surface area contributed by atoms with Gasteiger partial charge < -0.3 is 47.4 Å². The van der Waals surface area contributed by atoms with Crippen LogP contribution in [0.1, 0.15) is 118 Å². The molecule has 3 aliphatic rings. The minimum Gasteiger partial charge on any atom is -0.463 e. The molecule has 3 aliphatic heterocycles. The highest BCUT2D eigenvalue weighted by molar-refractivity contribution is 5.88. The Balaban J connectivity index is 1.89. The Kier molecular flexibility index (Phi) is 20.4. The van der Waals surface area contributed by atoms with Crippen LogP contribution in [0.25, 0.3) is 6.08 Å². The lowest BCUT2D eigenvalue weighted by Crippen LogP contribution is -2.67. The molecule has 348 valence electrons. The van der Waals surface area contributed by atoms with E-state index in [1.165, 1.54) is 26.0 Å². The molecule has 0 N–H and O–H groups in total. The number of rotatable bonds is 10. The fourth-order valence-corrected chi connectivity index (χ4v) is 7.47. The van der Waals surface area contributed by atoms with Gasteiger partial charge in [0.1, 0.15) is 18.5 Å². The molecule has 1 aromatic rings. The van der Waals surface area contributed by atoms with Crippen molar-refractivity contribution in [3.8, 4) is 0 Å². The summed E-state index contributed by atoms with van der Waals surface area (Å²) in [6.07, 6.45) is -6.10. The van der Waals surface area contributed by atoms with E-state index in [-0.39, 0.29) is 30.6 Å². The molecule has 0 aromatic heterocycles. The first-order valence-corrected chi connectivity index (χ1v) is 21.7. The van der Waals surface area contributed by atoms with Crippen LogP contribution in [0.15, 0.2) is 48.1 Å². The van der Waals surface area contributed by atoms with Gasteiger partial charge in [-0.15, -0.1) is 0 Å². The summed E-state index contributed by atoms with van der Waals surface area (Å²) in [5.41, 5.74) is 0.800. The second-order valence-corrected chi connectivity index (χ2v) is 15.8. The minimum absolute atomic E-state index is 0.0644. The fourth-order valence-electron chi connectivity index (χ4n) is 7.47. The monoisotopic (exact) mass is 886 g/mol. The van der Waals surface area contributed by atoms with Crippen molar-refractivity contribution >= 4 is 47.7 Å². The summed E-state index contributed by atoms with van der Waals surface area (Å²) < 4.78 is 60.9. The van der Waals surface area contributed by atoms with Crippen LogP contribution in [0.4, 0.5) is 0 Å². The SMILES string of the molecule is C/C=C(\C)C(=O)O[C@@H]1C(OC(C)=O)[C@@H]2O[C@@H]3[C@H](O[C@@H](CCC)CCCCCCC(=O)CCC(=O)OC[C@@H](O2)[C@H]1OC(=O)/C=C/c1ccccc1)O[C@H](C)[C@H](OC(C)=O)[C@@H]3OC(C)=O. The van der Waals surface area contributed by atoms with E-state index in [1.54, 1.807) is 44.2 Å². The molecule has 0 aliphatic carbocycles. The van der Waals surface area contributed by atoms with E-state index in [9.17, 15) is 33.6 Å². The third-order valence-corrected chi connectivity index (χ3v) is 10.7. The van der Waals surface area contributed by atoms with Crippen LogP contribution < -0.4 is 0 Å². The predicted octanol–water partition coefficient (Wildman–Crippen LogP) is 5.57. The smallest absolute Gasteiger partial charge is 0.333 e. The van der Waals surface area contributed by atoms with Crippen LogP contribution in [0.3, 0.4) is 0 Å². The van der Waals surface area contributed by atoms with Gasteiger partial charge in [0.2, 0.25) is 0 Å². The highest BCUT2D eigenvalue weighted by Gasteiger charge is 2.57. The molecule has 11 atom stereocenters.